The van der Waals surface area contributed by atoms with Crippen LogP contribution < -0.4 is 15.5 Å². The van der Waals surface area contributed by atoms with Crippen molar-refractivity contribution in [2.45, 2.75) is 65.0 Å². The number of pyridine rings is 1. The number of benzene rings is 1. The number of carbonyl (C=O) groups is 1. The number of carbonyl (C=O) groups excluding carboxylic acids is 1. The highest BCUT2D eigenvalue weighted by Gasteiger charge is 2.39. The second-order valence-electron chi connectivity index (χ2n) is 12.9. The van der Waals surface area contributed by atoms with E-state index in [2.05, 4.69) is 21.4 Å². The summed E-state index contributed by atoms with van der Waals surface area (Å²) in [5, 5.41) is 11.5. The van der Waals surface area contributed by atoms with Crippen LogP contribution in [0.1, 0.15) is 64.3 Å². The number of amides is 1. The molecule has 0 radical (unpaired) electrons. The van der Waals surface area contributed by atoms with Gasteiger partial charge >= 0.3 is 5.69 Å². The number of phenols is 1. The lowest BCUT2D eigenvalue weighted by atomic mass is 9.99. The first-order valence-corrected chi connectivity index (χ1v) is 16.1. The minimum atomic E-state index is -0.715. The average molecular weight is 661 g/mol. The van der Waals surface area contributed by atoms with Crippen LogP contribution in [0.4, 0.5) is 15.9 Å². The number of halogens is 2. The average Bonchev–Trinajstić information content (AvgIpc) is 3.02. The van der Waals surface area contributed by atoms with Crippen molar-refractivity contribution in [3.63, 3.8) is 0 Å². The zero-order chi connectivity index (χ0) is 33.9. The molecule has 0 aliphatic carbocycles. The molecule has 2 aliphatic heterocycles. The third-order valence-electron chi connectivity index (χ3n) is 9.10. The summed E-state index contributed by atoms with van der Waals surface area (Å²) in [5.74, 6) is -1.04. The molecule has 6 rings (SSSR count). The van der Waals surface area contributed by atoms with Gasteiger partial charge < -0.3 is 19.8 Å². The SMILES string of the molecule is C=CC(=O)N1CC2CCN(C)c3c(Cl)c(-c4c(O)cccc4F)nc4c3c(nc(=O)n4-c3c(C(C)C)ncnc3C(C)C)N2CC1C. The molecule has 2 atom stereocenters. The molecule has 0 spiro atoms. The smallest absolute Gasteiger partial charge is 0.355 e. The van der Waals surface area contributed by atoms with Crippen molar-refractivity contribution in [1.82, 2.24) is 29.4 Å². The number of piperazine rings is 1. The molecule has 2 aliphatic rings. The van der Waals surface area contributed by atoms with Crippen LogP contribution in [0.2, 0.25) is 5.02 Å². The van der Waals surface area contributed by atoms with Gasteiger partial charge in [0.15, 0.2) is 5.65 Å². The van der Waals surface area contributed by atoms with Gasteiger partial charge in [-0.3, -0.25) is 4.79 Å². The van der Waals surface area contributed by atoms with Crippen molar-refractivity contribution in [2.75, 3.05) is 36.5 Å². The summed E-state index contributed by atoms with van der Waals surface area (Å²) in [6, 6.07) is 3.60. The van der Waals surface area contributed by atoms with Crippen LogP contribution in [0.15, 0.2) is 42.0 Å². The molecule has 1 fully saturated rings. The largest absolute Gasteiger partial charge is 0.507 e. The first-order valence-electron chi connectivity index (χ1n) is 15.8. The van der Waals surface area contributed by atoms with Crippen LogP contribution in [0.5, 0.6) is 5.75 Å². The Morgan fingerprint density at radius 2 is 1.79 bits per heavy atom. The van der Waals surface area contributed by atoms with Gasteiger partial charge in [0.25, 0.3) is 0 Å². The van der Waals surface area contributed by atoms with E-state index in [1.807, 2.05) is 46.6 Å². The van der Waals surface area contributed by atoms with Gasteiger partial charge in [0.2, 0.25) is 5.91 Å². The minimum Gasteiger partial charge on any atom is -0.507 e. The predicted octanol–water partition coefficient (Wildman–Crippen LogP) is 5.41. The molecule has 5 heterocycles. The third-order valence-corrected chi connectivity index (χ3v) is 9.46. The molecule has 0 bridgehead atoms. The number of aromatic nitrogens is 5. The lowest BCUT2D eigenvalue weighted by molar-refractivity contribution is -0.128. The number of hydrogen-bond acceptors (Lipinski definition) is 9. The van der Waals surface area contributed by atoms with Crippen molar-refractivity contribution in [3.8, 4) is 22.7 Å². The van der Waals surface area contributed by atoms with Crippen molar-refractivity contribution < 1.29 is 14.3 Å². The summed E-state index contributed by atoms with van der Waals surface area (Å²) in [4.78, 5) is 51.9. The molecule has 1 amide bonds. The molecule has 0 saturated carbocycles. The van der Waals surface area contributed by atoms with E-state index in [4.69, 9.17) is 21.6 Å². The van der Waals surface area contributed by atoms with Gasteiger partial charge in [0.05, 0.1) is 38.7 Å². The van der Waals surface area contributed by atoms with Gasteiger partial charge in [-0.15, -0.1) is 0 Å². The van der Waals surface area contributed by atoms with E-state index >= 15 is 4.39 Å². The van der Waals surface area contributed by atoms with E-state index in [9.17, 15) is 14.7 Å². The maximum absolute atomic E-state index is 15.5. The number of nitrogens with zero attached hydrogens (tertiary/aromatic N) is 8. The second kappa shape index (κ2) is 12.2. The van der Waals surface area contributed by atoms with Gasteiger partial charge in [-0.1, -0.05) is 51.9 Å². The molecule has 246 valence electrons. The highest BCUT2D eigenvalue weighted by molar-refractivity contribution is 6.38. The lowest BCUT2D eigenvalue weighted by Gasteiger charge is -2.47. The number of aromatic hydroxyl groups is 1. The molecule has 2 unspecified atom stereocenters. The minimum absolute atomic E-state index is 0.0112. The number of fused-ring (bicyclic) bond motifs is 2. The highest BCUT2D eigenvalue weighted by Crippen LogP contribution is 2.47. The van der Waals surface area contributed by atoms with Gasteiger partial charge in [0, 0.05) is 38.8 Å². The maximum Gasteiger partial charge on any atom is 0.355 e. The monoisotopic (exact) mass is 660 g/mol. The molecule has 3 aromatic heterocycles. The fourth-order valence-electron chi connectivity index (χ4n) is 6.78. The summed E-state index contributed by atoms with van der Waals surface area (Å²) in [7, 11) is 1.86. The Bertz CT molecular complexity index is 1930. The van der Waals surface area contributed by atoms with Crippen LogP contribution in [0.25, 0.3) is 28.0 Å². The van der Waals surface area contributed by atoms with Crippen molar-refractivity contribution in [2.24, 2.45) is 0 Å². The second-order valence-corrected chi connectivity index (χ2v) is 13.2. The Morgan fingerprint density at radius 3 is 2.40 bits per heavy atom. The Balaban J connectivity index is 1.78. The molecule has 13 heteroatoms. The number of phenolic OH excluding ortho intramolecular Hbond substituents is 1. The van der Waals surface area contributed by atoms with Gasteiger partial charge in [-0.05, 0) is 43.4 Å². The molecule has 1 aromatic carbocycles. The van der Waals surface area contributed by atoms with Crippen molar-refractivity contribution in [1.29, 1.82) is 0 Å². The molecule has 4 aromatic rings. The molecule has 47 heavy (non-hydrogen) atoms. The fourth-order valence-corrected chi connectivity index (χ4v) is 7.15. The van der Waals surface area contributed by atoms with Gasteiger partial charge in [0.1, 0.15) is 29.4 Å². The van der Waals surface area contributed by atoms with Crippen LogP contribution in [0.3, 0.4) is 0 Å². The van der Waals surface area contributed by atoms with Crippen LogP contribution in [-0.2, 0) is 4.79 Å². The summed E-state index contributed by atoms with van der Waals surface area (Å²) in [6.07, 6.45) is 3.41. The first kappa shape index (κ1) is 32.4. The van der Waals surface area contributed by atoms with Crippen molar-refractivity contribution >= 4 is 40.0 Å². The molecular formula is C34H38ClFN8O3. The van der Waals surface area contributed by atoms with Crippen LogP contribution in [0, 0.1) is 5.82 Å². The van der Waals surface area contributed by atoms with E-state index in [0.717, 1.165) is 0 Å². The van der Waals surface area contributed by atoms with E-state index in [-0.39, 0.29) is 57.5 Å². The first-order chi connectivity index (χ1) is 22.3. The van der Waals surface area contributed by atoms with Gasteiger partial charge in [-0.2, -0.15) is 4.98 Å². The summed E-state index contributed by atoms with van der Waals surface area (Å²) in [5.41, 5.74) is 1.58. The summed E-state index contributed by atoms with van der Waals surface area (Å²) < 4.78 is 16.9. The van der Waals surface area contributed by atoms with Crippen LogP contribution in [-0.4, -0.2) is 79.2 Å². The quantitative estimate of drug-likeness (QED) is 0.280. The van der Waals surface area contributed by atoms with E-state index in [1.165, 1.54) is 35.2 Å². The van der Waals surface area contributed by atoms with E-state index in [1.54, 1.807) is 4.90 Å². The molecule has 11 nitrogen and oxygen atoms in total. The predicted molar refractivity (Wildman–Crippen MR) is 181 cm³/mol. The third kappa shape index (κ3) is 5.28. The number of anilines is 2. The van der Waals surface area contributed by atoms with Crippen molar-refractivity contribution in [3.05, 3.63) is 69.9 Å². The Morgan fingerprint density at radius 1 is 1.11 bits per heavy atom. The van der Waals surface area contributed by atoms with E-state index in [0.29, 0.717) is 60.0 Å². The Hall–Kier alpha value is -4.58. The normalized spacial score (nSPS) is 18.0. The zero-order valence-electron chi connectivity index (χ0n) is 27.3. The highest BCUT2D eigenvalue weighted by atomic mass is 35.5. The van der Waals surface area contributed by atoms with Crippen LogP contribution >= 0.6 is 11.6 Å². The summed E-state index contributed by atoms with van der Waals surface area (Å²) in [6.45, 7) is 14.9. The van der Waals surface area contributed by atoms with Gasteiger partial charge in [-0.25, -0.2) is 28.7 Å². The lowest BCUT2D eigenvalue weighted by Crippen LogP contribution is -2.60. The fraction of sp³-hybridized carbons (Fsp3) is 0.412. The zero-order valence-corrected chi connectivity index (χ0v) is 28.1. The molecular weight excluding hydrogens is 623 g/mol. The van der Waals surface area contributed by atoms with E-state index < -0.39 is 11.5 Å². The molecule has 1 saturated heterocycles. The number of hydrogen-bond donors (Lipinski definition) is 1. The Kier molecular flexibility index (Phi) is 8.41. The topological polar surface area (TPSA) is 121 Å². The molecule has 1 N–H and O–H groups in total. The Labute approximate surface area is 277 Å². The maximum atomic E-state index is 15.5. The number of rotatable bonds is 5. The summed E-state index contributed by atoms with van der Waals surface area (Å²) >= 11 is 7.18. The standard InChI is InChI=1S/C34H38ClFN8O3/c1-8-23(46)42-15-20-12-13-41(7)30-25-32(43(20)14-19(42)6)40-34(47)44(31-27(17(2)3)37-16-38-28(31)18(4)5)33(25)39-29(26(30)35)24-21(36)10-9-11-22(24)45/h8-11,16-20,45H,1,12-15H2,2-7H3.